The zero-order valence-corrected chi connectivity index (χ0v) is 12.5. The van der Waals surface area contributed by atoms with Gasteiger partial charge in [-0.1, -0.05) is 0 Å². The van der Waals surface area contributed by atoms with Crippen LogP contribution < -0.4 is 10.1 Å². The summed E-state index contributed by atoms with van der Waals surface area (Å²) in [6.07, 6.45) is -1.71. The molecule has 0 saturated carbocycles. The molecule has 1 heterocycles. The van der Waals surface area contributed by atoms with E-state index in [-0.39, 0.29) is 18.7 Å². The number of aliphatic hydroxyl groups is 1. The monoisotopic (exact) mass is 326 g/mol. The number of ether oxygens (including phenoxy) is 1. The van der Waals surface area contributed by atoms with E-state index in [1.54, 1.807) is 12.1 Å². The fourth-order valence-electron chi connectivity index (χ4n) is 2.20. The number of alkyl halides is 3. The first-order chi connectivity index (χ1) is 10.9. The van der Waals surface area contributed by atoms with E-state index in [2.05, 4.69) is 10.3 Å². The highest BCUT2D eigenvalue weighted by molar-refractivity contribution is 5.52. The minimum absolute atomic E-state index is 0.216. The minimum Gasteiger partial charge on any atom is -0.496 e. The number of rotatable bonds is 6. The van der Waals surface area contributed by atoms with Gasteiger partial charge in [0.15, 0.2) is 0 Å². The van der Waals surface area contributed by atoms with Crippen LogP contribution in [0.1, 0.15) is 11.1 Å². The lowest BCUT2D eigenvalue weighted by molar-refractivity contribution is -0.142. The van der Waals surface area contributed by atoms with Gasteiger partial charge in [-0.3, -0.25) is 4.98 Å². The average Bonchev–Trinajstić information content (AvgIpc) is 2.54. The molecule has 2 aromatic rings. The van der Waals surface area contributed by atoms with Gasteiger partial charge < -0.3 is 15.2 Å². The van der Waals surface area contributed by atoms with E-state index in [1.807, 2.05) is 0 Å². The molecule has 0 amide bonds. The number of halogens is 3. The van der Waals surface area contributed by atoms with Crippen molar-refractivity contribution in [3.05, 3.63) is 53.9 Å². The Morgan fingerprint density at radius 1 is 1.22 bits per heavy atom. The molecule has 23 heavy (non-hydrogen) atoms. The maximum atomic E-state index is 13.3. The highest BCUT2D eigenvalue weighted by Crippen LogP contribution is 2.29. The standard InChI is InChI=1S/C16H17F3N2O2/c1-23-14-3-2-13(9-12(14)10-22)21-15(16(17,18)19)8-11-4-6-20-7-5-11/h2-7,9,15,21-22H,8,10H2,1H3. The number of anilines is 1. The second-order valence-electron chi connectivity index (χ2n) is 4.98. The third-order valence-electron chi connectivity index (χ3n) is 3.38. The minimum atomic E-state index is -4.41. The van der Waals surface area contributed by atoms with Gasteiger partial charge in [-0.25, -0.2) is 0 Å². The fourth-order valence-corrected chi connectivity index (χ4v) is 2.20. The number of pyridine rings is 1. The summed E-state index contributed by atoms with van der Waals surface area (Å²) in [5, 5.41) is 11.7. The Bertz CT molecular complexity index is 633. The normalized spacial score (nSPS) is 12.7. The summed E-state index contributed by atoms with van der Waals surface area (Å²) in [6, 6.07) is 5.81. The molecule has 1 atom stereocenters. The average molecular weight is 326 g/mol. The molecule has 7 heteroatoms. The number of hydrogen-bond acceptors (Lipinski definition) is 4. The Morgan fingerprint density at radius 3 is 2.48 bits per heavy atom. The van der Waals surface area contributed by atoms with Crippen LogP contribution in [0.3, 0.4) is 0 Å². The Morgan fingerprint density at radius 2 is 1.91 bits per heavy atom. The highest BCUT2D eigenvalue weighted by Gasteiger charge is 2.39. The third-order valence-corrected chi connectivity index (χ3v) is 3.38. The van der Waals surface area contributed by atoms with Gasteiger partial charge in [0.05, 0.1) is 13.7 Å². The van der Waals surface area contributed by atoms with Crippen LogP contribution >= 0.6 is 0 Å². The van der Waals surface area contributed by atoms with Crippen molar-refractivity contribution in [3.8, 4) is 5.75 Å². The topological polar surface area (TPSA) is 54.4 Å². The van der Waals surface area contributed by atoms with Crippen LogP contribution in [0, 0.1) is 0 Å². The fraction of sp³-hybridized carbons (Fsp3) is 0.312. The van der Waals surface area contributed by atoms with Gasteiger partial charge in [0.1, 0.15) is 11.8 Å². The molecule has 124 valence electrons. The van der Waals surface area contributed by atoms with Crippen molar-refractivity contribution in [2.45, 2.75) is 25.2 Å². The Kier molecular flexibility index (Phi) is 5.44. The van der Waals surface area contributed by atoms with Crippen molar-refractivity contribution in [2.75, 3.05) is 12.4 Å². The first-order valence-electron chi connectivity index (χ1n) is 6.94. The van der Waals surface area contributed by atoms with E-state index in [0.717, 1.165) is 0 Å². The molecule has 0 spiro atoms. The maximum absolute atomic E-state index is 13.3. The molecule has 1 unspecified atom stereocenters. The van der Waals surface area contributed by atoms with Gasteiger partial charge in [0.2, 0.25) is 0 Å². The molecular weight excluding hydrogens is 309 g/mol. The van der Waals surface area contributed by atoms with Crippen LogP contribution in [0.15, 0.2) is 42.7 Å². The molecular formula is C16H17F3N2O2. The van der Waals surface area contributed by atoms with Gasteiger partial charge in [-0.05, 0) is 35.9 Å². The van der Waals surface area contributed by atoms with Gasteiger partial charge >= 0.3 is 6.18 Å². The van der Waals surface area contributed by atoms with E-state index in [0.29, 0.717) is 16.9 Å². The van der Waals surface area contributed by atoms with Gasteiger partial charge in [0, 0.05) is 30.1 Å². The molecule has 0 fully saturated rings. The van der Waals surface area contributed by atoms with E-state index in [4.69, 9.17) is 4.74 Å². The molecule has 0 aliphatic carbocycles. The van der Waals surface area contributed by atoms with E-state index in [9.17, 15) is 18.3 Å². The van der Waals surface area contributed by atoms with Crippen LogP contribution in [0.4, 0.5) is 18.9 Å². The summed E-state index contributed by atoms with van der Waals surface area (Å²) in [4.78, 5) is 3.80. The zero-order valence-electron chi connectivity index (χ0n) is 12.5. The molecule has 0 aliphatic heterocycles. The second kappa shape index (κ2) is 7.32. The van der Waals surface area contributed by atoms with Crippen LogP contribution in [0.2, 0.25) is 0 Å². The lowest BCUT2D eigenvalue weighted by Crippen LogP contribution is -2.38. The first-order valence-corrected chi connectivity index (χ1v) is 6.94. The predicted molar refractivity (Wildman–Crippen MR) is 80.3 cm³/mol. The van der Waals surface area contributed by atoms with Crippen molar-refractivity contribution in [1.29, 1.82) is 0 Å². The molecule has 1 aromatic heterocycles. The molecule has 0 radical (unpaired) electrons. The largest absolute Gasteiger partial charge is 0.496 e. The quantitative estimate of drug-likeness (QED) is 0.856. The van der Waals surface area contributed by atoms with Crippen molar-refractivity contribution in [3.63, 3.8) is 0 Å². The van der Waals surface area contributed by atoms with Gasteiger partial charge in [-0.2, -0.15) is 13.2 Å². The number of nitrogens with one attached hydrogen (secondary N) is 1. The lowest BCUT2D eigenvalue weighted by atomic mass is 10.1. The van der Waals surface area contributed by atoms with Gasteiger partial charge in [0.25, 0.3) is 0 Å². The smallest absolute Gasteiger partial charge is 0.408 e. The summed E-state index contributed by atoms with van der Waals surface area (Å²) in [7, 11) is 1.43. The summed E-state index contributed by atoms with van der Waals surface area (Å²) in [5.41, 5.74) is 1.22. The Hall–Kier alpha value is -2.28. The van der Waals surface area contributed by atoms with Crippen LogP contribution in [0.25, 0.3) is 0 Å². The molecule has 2 rings (SSSR count). The summed E-state index contributed by atoms with van der Waals surface area (Å²) >= 11 is 0. The first kappa shape index (κ1) is 17.1. The summed E-state index contributed by atoms with van der Waals surface area (Å²) in [6.45, 7) is -0.320. The Balaban J connectivity index is 2.21. The van der Waals surface area contributed by atoms with Crippen molar-refractivity contribution in [1.82, 2.24) is 4.98 Å². The predicted octanol–water partition coefficient (Wildman–Crippen LogP) is 3.17. The van der Waals surface area contributed by atoms with Crippen molar-refractivity contribution in [2.24, 2.45) is 0 Å². The molecule has 0 aliphatic rings. The van der Waals surface area contributed by atoms with Crippen LogP contribution in [-0.2, 0) is 13.0 Å². The molecule has 4 nitrogen and oxygen atoms in total. The number of nitrogens with zero attached hydrogens (tertiary/aromatic N) is 1. The van der Waals surface area contributed by atoms with E-state index >= 15 is 0 Å². The zero-order chi connectivity index (χ0) is 16.9. The van der Waals surface area contributed by atoms with Crippen molar-refractivity contribution >= 4 is 5.69 Å². The van der Waals surface area contributed by atoms with Crippen LogP contribution in [0.5, 0.6) is 5.75 Å². The van der Waals surface area contributed by atoms with Crippen molar-refractivity contribution < 1.29 is 23.0 Å². The number of benzene rings is 1. The molecule has 1 aromatic carbocycles. The summed E-state index contributed by atoms with van der Waals surface area (Å²) in [5.74, 6) is 0.427. The summed E-state index contributed by atoms with van der Waals surface area (Å²) < 4.78 is 44.8. The second-order valence-corrected chi connectivity index (χ2v) is 4.98. The number of methoxy groups -OCH3 is 1. The van der Waals surface area contributed by atoms with Crippen LogP contribution in [-0.4, -0.2) is 29.4 Å². The number of aliphatic hydroxyl groups excluding tert-OH is 1. The molecule has 0 bridgehead atoms. The lowest BCUT2D eigenvalue weighted by Gasteiger charge is -2.23. The van der Waals surface area contributed by atoms with E-state index < -0.39 is 12.2 Å². The molecule has 0 saturated heterocycles. The Labute approximate surface area is 131 Å². The number of hydrogen-bond donors (Lipinski definition) is 2. The maximum Gasteiger partial charge on any atom is 0.408 e. The van der Waals surface area contributed by atoms with Gasteiger partial charge in [-0.15, -0.1) is 0 Å². The highest BCUT2D eigenvalue weighted by atomic mass is 19.4. The molecule has 2 N–H and O–H groups in total. The SMILES string of the molecule is COc1ccc(NC(Cc2ccncc2)C(F)(F)F)cc1CO. The van der Waals surface area contributed by atoms with E-state index in [1.165, 1.54) is 37.7 Å². The third kappa shape index (κ3) is 4.59. The number of aromatic nitrogens is 1.